The van der Waals surface area contributed by atoms with Gasteiger partial charge in [0.05, 0.1) is 22.4 Å². The largest absolute Gasteiger partial charge is 0.378 e. The number of halogens is 3. The summed E-state index contributed by atoms with van der Waals surface area (Å²) in [5, 5.41) is 8.58. The van der Waals surface area contributed by atoms with Crippen LogP contribution < -0.4 is 5.32 Å². The van der Waals surface area contributed by atoms with E-state index in [9.17, 15) is 0 Å². The molecule has 0 aliphatic rings. The van der Waals surface area contributed by atoms with Crippen LogP contribution in [-0.4, -0.2) is 9.78 Å². The van der Waals surface area contributed by atoms with E-state index in [2.05, 4.69) is 49.2 Å². The summed E-state index contributed by atoms with van der Waals surface area (Å²) >= 11 is 13.0. The molecule has 0 spiro atoms. The molecule has 0 saturated heterocycles. The summed E-state index contributed by atoms with van der Waals surface area (Å²) in [6.07, 6.45) is 0. The molecule has 1 aromatic carbocycles. The van der Waals surface area contributed by atoms with Crippen molar-refractivity contribution in [1.82, 2.24) is 9.78 Å². The molecule has 0 aliphatic heterocycles. The quantitative estimate of drug-likeness (QED) is 0.773. The highest BCUT2D eigenvalue weighted by Gasteiger charge is 2.12. The fourth-order valence-electron chi connectivity index (χ4n) is 1.85. The molecule has 0 unspecified atom stereocenters. The Balaban J connectivity index is 2.18. The van der Waals surface area contributed by atoms with Gasteiger partial charge in [-0.25, -0.2) is 0 Å². The van der Waals surface area contributed by atoms with Crippen LogP contribution in [0.1, 0.15) is 18.3 Å². The minimum absolute atomic E-state index is 0.704. The molecule has 2 rings (SSSR count). The molecular formula is C13H14Br2ClN3. The topological polar surface area (TPSA) is 29.9 Å². The standard InChI is InChI=1S/C13H14Br2ClN3/c1-3-19-12(13(15)8(2)18-19)7-17-11-5-4-9(16)6-10(11)14/h4-6,17H,3,7H2,1-2H3. The van der Waals surface area contributed by atoms with Crippen molar-refractivity contribution in [2.45, 2.75) is 26.9 Å². The van der Waals surface area contributed by atoms with Crippen molar-refractivity contribution >= 4 is 49.1 Å². The van der Waals surface area contributed by atoms with E-state index in [1.807, 2.05) is 29.8 Å². The molecule has 1 aromatic heterocycles. The summed E-state index contributed by atoms with van der Waals surface area (Å²) in [5.41, 5.74) is 3.16. The van der Waals surface area contributed by atoms with Crippen molar-refractivity contribution in [3.8, 4) is 0 Å². The van der Waals surface area contributed by atoms with Gasteiger partial charge in [-0.3, -0.25) is 4.68 Å². The maximum atomic E-state index is 5.93. The lowest BCUT2D eigenvalue weighted by Gasteiger charge is -2.10. The molecule has 0 bridgehead atoms. The molecule has 0 radical (unpaired) electrons. The van der Waals surface area contributed by atoms with Crippen LogP contribution in [0.5, 0.6) is 0 Å². The maximum Gasteiger partial charge on any atom is 0.0739 e. The van der Waals surface area contributed by atoms with E-state index < -0.39 is 0 Å². The van der Waals surface area contributed by atoms with Crippen LogP contribution in [0.25, 0.3) is 0 Å². The van der Waals surface area contributed by atoms with Gasteiger partial charge in [0.2, 0.25) is 0 Å². The van der Waals surface area contributed by atoms with E-state index in [1.54, 1.807) is 0 Å². The van der Waals surface area contributed by atoms with E-state index in [0.717, 1.165) is 32.6 Å². The van der Waals surface area contributed by atoms with Crippen LogP contribution in [-0.2, 0) is 13.1 Å². The van der Waals surface area contributed by atoms with Gasteiger partial charge in [0.25, 0.3) is 0 Å². The second-order valence-corrected chi connectivity index (χ2v) is 6.22. The minimum atomic E-state index is 0.704. The number of aryl methyl sites for hydroxylation is 2. The third kappa shape index (κ3) is 3.33. The molecule has 102 valence electrons. The van der Waals surface area contributed by atoms with Crippen molar-refractivity contribution in [2.24, 2.45) is 0 Å². The van der Waals surface area contributed by atoms with Crippen molar-refractivity contribution in [2.75, 3.05) is 5.32 Å². The zero-order valence-corrected chi connectivity index (χ0v) is 14.6. The fourth-order valence-corrected chi connectivity index (χ4v) is 3.10. The van der Waals surface area contributed by atoms with E-state index in [0.29, 0.717) is 11.6 Å². The van der Waals surface area contributed by atoms with Crippen molar-refractivity contribution in [3.05, 3.63) is 43.6 Å². The summed E-state index contributed by atoms with van der Waals surface area (Å²) in [4.78, 5) is 0. The minimum Gasteiger partial charge on any atom is -0.378 e. The van der Waals surface area contributed by atoms with E-state index in [1.165, 1.54) is 0 Å². The van der Waals surface area contributed by atoms with Crippen LogP contribution in [0.2, 0.25) is 5.02 Å². The first-order valence-electron chi connectivity index (χ1n) is 5.93. The number of nitrogens with one attached hydrogen (secondary N) is 1. The van der Waals surface area contributed by atoms with Crippen LogP contribution >= 0.6 is 43.5 Å². The van der Waals surface area contributed by atoms with E-state index >= 15 is 0 Å². The highest BCUT2D eigenvalue weighted by molar-refractivity contribution is 9.11. The Bertz CT molecular complexity index is 596. The van der Waals surface area contributed by atoms with Gasteiger partial charge in [0.15, 0.2) is 0 Å². The molecular weight excluding hydrogens is 393 g/mol. The SMILES string of the molecule is CCn1nc(C)c(Br)c1CNc1ccc(Cl)cc1Br. The Kier molecular flexibility index (Phi) is 4.92. The predicted molar refractivity (Wildman–Crippen MR) is 86.8 cm³/mol. The number of nitrogens with zero attached hydrogens (tertiary/aromatic N) is 2. The van der Waals surface area contributed by atoms with Crippen molar-refractivity contribution < 1.29 is 0 Å². The average molecular weight is 408 g/mol. The number of rotatable bonds is 4. The van der Waals surface area contributed by atoms with E-state index in [-0.39, 0.29) is 0 Å². The van der Waals surface area contributed by atoms with Crippen LogP contribution in [0, 0.1) is 6.92 Å². The van der Waals surface area contributed by atoms with Crippen LogP contribution in [0.3, 0.4) is 0 Å². The third-order valence-electron chi connectivity index (χ3n) is 2.83. The number of anilines is 1. The number of aromatic nitrogens is 2. The first-order valence-corrected chi connectivity index (χ1v) is 7.90. The summed E-state index contributed by atoms with van der Waals surface area (Å²) in [5.74, 6) is 0. The van der Waals surface area contributed by atoms with Crippen molar-refractivity contribution in [3.63, 3.8) is 0 Å². The van der Waals surface area contributed by atoms with E-state index in [4.69, 9.17) is 11.6 Å². The van der Waals surface area contributed by atoms with Gasteiger partial charge < -0.3 is 5.32 Å². The molecule has 0 saturated carbocycles. The zero-order chi connectivity index (χ0) is 14.0. The lowest BCUT2D eigenvalue weighted by atomic mass is 10.3. The van der Waals surface area contributed by atoms with Gasteiger partial charge in [-0.2, -0.15) is 5.10 Å². The fraction of sp³-hybridized carbons (Fsp3) is 0.308. The number of benzene rings is 1. The smallest absolute Gasteiger partial charge is 0.0739 e. The highest BCUT2D eigenvalue weighted by Crippen LogP contribution is 2.27. The molecule has 0 amide bonds. The van der Waals surface area contributed by atoms with Crippen LogP contribution in [0.15, 0.2) is 27.1 Å². The molecule has 2 aromatic rings. The first kappa shape index (κ1) is 14.9. The second kappa shape index (κ2) is 6.29. The Hall–Kier alpha value is -0.520. The molecule has 1 heterocycles. The summed E-state index contributed by atoms with van der Waals surface area (Å²) in [7, 11) is 0. The zero-order valence-electron chi connectivity index (χ0n) is 10.7. The molecule has 3 nitrogen and oxygen atoms in total. The molecule has 1 N–H and O–H groups in total. The Morgan fingerprint density at radius 2 is 2.11 bits per heavy atom. The summed E-state index contributed by atoms with van der Waals surface area (Å²) in [6, 6.07) is 5.70. The predicted octanol–water partition coefficient (Wildman–Crippen LogP) is 5.00. The molecule has 0 aliphatic carbocycles. The summed E-state index contributed by atoms with van der Waals surface area (Å²) < 4.78 is 4.01. The molecule has 0 fully saturated rings. The summed E-state index contributed by atoms with van der Waals surface area (Å²) in [6.45, 7) is 5.64. The second-order valence-electron chi connectivity index (χ2n) is 4.14. The third-order valence-corrected chi connectivity index (χ3v) is 4.75. The normalized spacial score (nSPS) is 10.8. The highest BCUT2D eigenvalue weighted by atomic mass is 79.9. The number of hydrogen-bond donors (Lipinski definition) is 1. The Morgan fingerprint density at radius 1 is 1.37 bits per heavy atom. The van der Waals surface area contributed by atoms with Gasteiger partial charge >= 0.3 is 0 Å². The molecule has 6 heteroatoms. The van der Waals surface area contributed by atoms with Gasteiger partial charge in [-0.15, -0.1) is 0 Å². The lowest BCUT2D eigenvalue weighted by molar-refractivity contribution is 0.622. The van der Waals surface area contributed by atoms with Gasteiger partial charge in [-0.05, 0) is 63.9 Å². The Labute approximate surface area is 134 Å². The Morgan fingerprint density at radius 3 is 2.74 bits per heavy atom. The molecule has 0 atom stereocenters. The number of hydrogen-bond acceptors (Lipinski definition) is 2. The van der Waals surface area contributed by atoms with Gasteiger partial charge in [0, 0.05) is 21.7 Å². The monoisotopic (exact) mass is 405 g/mol. The average Bonchev–Trinajstić information content (AvgIpc) is 2.65. The lowest BCUT2D eigenvalue weighted by Crippen LogP contribution is -2.08. The maximum absolute atomic E-state index is 5.93. The van der Waals surface area contributed by atoms with Gasteiger partial charge in [0.1, 0.15) is 0 Å². The van der Waals surface area contributed by atoms with Crippen LogP contribution in [0.4, 0.5) is 5.69 Å². The molecule has 19 heavy (non-hydrogen) atoms. The van der Waals surface area contributed by atoms with Gasteiger partial charge in [-0.1, -0.05) is 11.6 Å². The first-order chi connectivity index (χ1) is 9.02. The van der Waals surface area contributed by atoms with Crippen molar-refractivity contribution in [1.29, 1.82) is 0 Å².